The van der Waals surface area contributed by atoms with Crippen LogP contribution in [0, 0.1) is 0 Å². The molecule has 0 atom stereocenters. The maximum Gasteiger partial charge on any atom is 0.433 e. The fraction of sp³-hybridized carbons (Fsp3) is 0.158. The molecule has 4 heterocycles. The van der Waals surface area contributed by atoms with E-state index in [1.54, 1.807) is 18.2 Å². The molecule has 0 radical (unpaired) electrons. The first-order chi connectivity index (χ1) is 13.8. The van der Waals surface area contributed by atoms with Gasteiger partial charge in [0, 0.05) is 17.1 Å². The first-order valence-electron chi connectivity index (χ1n) is 8.63. The molecule has 10 heteroatoms. The summed E-state index contributed by atoms with van der Waals surface area (Å²) in [5, 5.41) is 6.39. The van der Waals surface area contributed by atoms with Crippen LogP contribution in [-0.2, 0) is 12.6 Å². The van der Waals surface area contributed by atoms with Crippen molar-refractivity contribution in [2.75, 3.05) is 5.32 Å². The molecule has 0 fully saturated rings. The van der Waals surface area contributed by atoms with Gasteiger partial charge >= 0.3 is 6.18 Å². The predicted molar refractivity (Wildman–Crippen MR) is 103 cm³/mol. The summed E-state index contributed by atoms with van der Waals surface area (Å²) in [7, 11) is 0. The summed E-state index contributed by atoms with van der Waals surface area (Å²) in [6, 6.07) is 9.03. The molecule has 1 amide bonds. The summed E-state index contributed by atoms with van der Waals surface area (Å²) in [5.74, 6) is -0.650. The van der Waals surface area contributed by atoms with E-state index in [2.05, 4.69) is 20.4 Å². The number of alkyl halides is 3. The van der Waals surface area contributed by atoms with Crippen molar-refractivity contribution in [3.63, 3.8) is 0 Å². The number of pyridine rings is 1. The normalized spacial score (nSPS) is 11.7. The van der Waals surface area contributed by atoms with Crippen LogP contribution in [0.2, 0.25) is 0 Å². The molecular weight excluding hydrogens is 403 g/mol. The number of anilines is 1. The zero-order valence-corrected chi connectivity index (χ0v) is 15.9. The first-order valence-corrected chi connectivity index (χ1v) is 9.45. The molecule has 0 saturated carbocycles. The Morgan fingerprint density at radius 2 is 2.07 bits per heavy atom. The van der Waals surface area contributed by atoms with Crippen molar-refractivity contribution in [3.05, 3.63) is 65.1 Å². The second-order valence-corrected chi connectivity index (χ2v) is 7.31. The molecule has 4 rings (SSSR count). The third-order valence-corrected chi connectivity index (χ3v) is 5.38. The summed E-state index contributed by atoms with van der Waals surface area (Å²) in [6.45, 7) is 1.97. The van der Waals surface area contributed by atoms with Crippen molar-refractivity contribution in [2.24, 2.45) is 0 Å². The van der Waals surface area contributed by atoms with Crippen LogP contribution in [0.25, 0.3) is 16.2 Å². The molecule has 6 nitrogen and oxygen atoms in total. The highest BCUT2D eigenvalue weighted by Crippen LogP contribution is 2.34. The largest absolute Gasteiger partial charge is 0.433 e. The van der Waals surface area contributed by atoms with Crippen LogP contribution >= 0.6 is 11.3 Å². The quantitative estimate of drug-likeness (QED) is 0.523. The molecule has 0 saturated heterocycles. The van der Waals surface area contributed by atoms with E-state index in [1.807, 2.05) is 13.0 Å². The zero-order valence-electron chi connectivity index (χ0n) is 15.1. The molecule has 1 N–H and O–H groups in total. The number of halogens is 3. The van der Waals surface area contributed by atoms with Crippen molar-refractivity contribution in [2.45, 2.75) is 19.5 Å². The number of rotatable bonds is 4. The highest BCUT2D eigenvalue weighted by molar-refractivity contribution is 7.15. The van der Waals surface area contributed by atoms with E-state index >= 15 is 0 Å². The number of nitrogens with zero attached hydrogens (tertiary/aromatic N) is 4. The predicted octanol–water partition coefficient (Wildman–Crippen LogP) is 4.69. The highest BCUT2D eigenvalue weighted by Gasteiger charge is 2.35. The Morgan fingerprint density at radius 1 is 1.24 bits per heavy atom. The number of fused-ring (bicyclic) bond motifs is 1. The Kier molecular flexibility index (Phi) is 4.79. The lowest BCUT2D eigenvalue weighted by molar-refractivity contribution is -0.142. The number of aromatic nitrogens is 4. The van der Waals surface area contributed by atoms with Crippen LogP contribution in [0.3, 0.4) is 0 Å². The topological polar surface area (TPSA) is 72.2 Å². The van der Waals surface area contributed by atoms with Crippen LogP contribution in [0.15, 0.2) is 48.8 Å². The number of hydrogen-bond donors (Lipinski definition) is 1. The van der Waals surface area contributed by atoms with Gasteiger partial charge < -0.3 is 5.32 Å². The van der Waals surface area contributed by atoms with Gasteiger partial charge in [0.05, 0.1) is 22.5 Å². The number of amides is 1. The van der Waals surface area contributed by atoms with E-state index < -0.39 is 17.8 Å². The summed E-state index contributed by atoms with van der Waals surface area (Å²) in [4.78, 5) is 22.3. The zero-order chi connectivity index (χ0) is 20.6. The monoisotopic (exact) mass is 417 g/mol. The number of thiophene rings is 1. The number of aryl methyl sites for hydroxylation is 1. The standard InChI is InChI=1S/C19H14F3N5OS/c1-2-12-5-6-15(29-12)13-8-16(19(20,21)22)27-17(25-13)9-14(26-27)18(28)24-11-4-3-7-23-10-11/h3-10H,2H2,1H3,(H,24,28). The molecule has 29 heavy (non-hydrogen) atoms. The fourth-order valence-electron chi connectivity index (χ4n) is 2.75. The van der Waals surface area contributed by atoms with E-state index in [4.69, 9.17) is 0 Å². The number of carbonyl (C=O) groups is 1. The Bertz CT molecular complexity index is 1180. The van der Waals surface area contributed by atoms with E-state index in [0.717, 1.165) is 17.4 Å². The van der Waals surface area contributed by atoms with Crippen molar-refractivity contribution < 1.29 is 18.0 Å². The minimum atomic E-state index is -4.66. The van der Waals surface area contributed by atoms with Gasteiger partial charge in [0.25, 0.3) is 5.91 Å². The molecule has 0 aromatic carbocycles. The Hall–Kier alpha value is -3.27. The third-order valence-electron chi connectivity index (χ3n) is 4.13. The molecule has 0 aliphatic heterocycles. The van der Waals surface area contributed by atoms with Crippen molar-refractivity contribution >= 4 is 28.6 Å². The molecule has 0 aliphatic rings. The van der Waals surface area contributed by atoms with Crippen LogP contribution in [0.1, 0.15) is 28.0 Å². The van der Waals surface area contributed by atoms with Crippen molar-refractivity contribution in [1.29, 1.82) is 0 Å². The highest BCUT2D eigenvalue weighted by atomic mass is 32.1. The average molecular weight is 417 g/mol. The third kappa shape index (κ3) is 3.83. The maximum absolute atomic E-state index is 13.6. The molecule has 4 aromatic rings. The SMILES string of the molecule is CCc1ccc(-c2cc(C(F)(F)F)n3nc(C(=O)Nc4cccnc4)cc3n2)s1. The lowest BCUT2D eigenvalue weighted by atomic mass is 10.2. The molecule has 0 spiro atoms. The summed E-state index contributed by atoms with van der Waals surface area (Å²) < 4.78 is 41.6. The van der Waals surface area contributed by atoms with Gasteiger partial charge in [0.2, 0.25) is 0 Å². The van der Waals surface area contributed by atoms with Crippen LogP contribution in [0.4, 0.5) is 18.9 Å². The second-order valence-electron chi connectivity index (χ2n) is 6.14. The summed E-state index contributed by atoms with van der Waals surface area (Å²) in [5.41, 5.74) is -0.634. The number of carbonyl (C=O) groups excluding carboxylic acids is 1. The van der Waals surface area contributed by atoms with E-state index in [1.165, 1.54) is 29.8 Å². The van der Waals surface area contributed by atoms with Crippen LogP contribution in [0.5, 0.6) is 0 Å². The van der Waals surface area contributed by atoms with Crippen LogP contribution < -0.4 is 5.32 Å². The van der Waals surface area contributed by atoms with Gasteiger partial charge in [-0.25, -0.2) is 9.50 Å². The molecular formula is C19H14F3N5OS. The van der Waals surface area contributed by atoms with Gasteiger partial charge in [-0.1, -0.05) is 6.92 Å². The van der Waals surface area contributed by atoms with E-state index in [9.17, 15) is 18.0 Å². The Morgan fingerprint density at radius 3 is 2.72 bits per heavy atom. The molecule has 0 bridgehead atoms. The first kappa shape index (κ1) is 19.1. The van der Waals surface area contributed by atoms with Crippen molar-refractivity contribution in [1.82, 2.24) is 19.6 Å². The van der Waals surface area contributed by atoms with Crippen LogP contribution in [-0.4, -0.2) is 25.5 Å². The van der Waals surface area contributed by atoms with Gasteiger partial charge in [-0.2, -0.15) is 18.3 Å². The fourth-order valence-corrected chi connectivity index (χ4v) is 3.66. The summed E-state index contributed by atoms with van der Waals surface area (Å²) >= 11 is 1.38. The Balaban J connectivity index is 1.79. The average Bonchev–Trinajstić information content (AvgIpc) is 3.34. The smallest absolute Gasteiger partial charge is 0.319 e. The maximum atomic E-state index is 13.6. The number of nitrogens with one attached hydrogen (secondary N) is 1. The van der Waals surface area contributed by atoms with Gasteiger partial charge in [-0.3, -0.25) is 9.78 Å². The minimum absolute atomic E-state index is 0.0578. The van der Waals surface area contributed by atoms with Crippen molar-refractivity contribution in [3.8, 4) is 10.6 Å². The van der Waals surface area contributed by atoms with E-state index in [0.29, 0.717) is 15.1 Å². The molecule has 148 valence electrons. The lowest BCUT2D eigenvalue weighted by Crippen LogP contribution is -2.15. The van der Waals surface area contributed by atoms with E-state index in [-0.39, 0.29) is 17.0 Å². The second kappa shape index (κ2) is 7.28. The molecule has 0 aliphatic carbocycles. The lowest BCUT2D eigenvalue weighted by Gasteiger charge is -2.10. The molecule has 0 unspecified atom stereocenters. The summed E-state index contributed by atoms with van der Waals surface area (Å²) in [6.07, 6.45) is -0.919. The minimum Gasteiger partial charge on any atom is -0.319 e. The number of hydrogen-bond acceptors (Lipinski definition) is 5. The van der Waals surface area contributed by atoms with Gasteiger partial charge in [-0.15, -0.1) is 11.3 Å². The Labute approximate surface area is 167 Å². The van der Waals surface area contributed by atoms with Gasteiger partial charge in [0.1, 0.15) is 0 Å². The van der Waals surface area contributed by atoms with Gasteiger partial charge in [0.15, 0.2) is 17.0 Å². The molecule has 4 aromatic heterocycles. The van der Waals surface area contributed by atoms with Gasteiger partial charge in [-0.05, 0) is 36.8 Å².